The van der Waals surface area contributed by atoms with Crippen LogP contribution in [0.1, 0.15) is 28.4 Å². The SMILES string of the molecule is CS(=O)(=O)N1CCC(NC(=O)c2ccc(F)c(F)c2F)c2ccccc21. The molecule has 2 aromatic carbocycles. The number of para-hydroxylation sites is 1. The van der Waals surface area contributed by atoms with Gasteiger partial charge in [0.05, 0.1) is 23.5 Å². The van der Waals surface area contributed by atoms with Gasteiger partial charge < -0.3 is 5.32 Å². The summed E-state index contributed by atoms with van der Waals surface area (Å²) in [6.07, 6.45) is 1.33. The Morgan fingerprint density at radius 3 is 2.50 bits per heavy atom. The van der Waals surface area contributed by atoms with Crippen molar-refractivity contribution >= 4 is 21.6 Å². The van der Waals surface area contributed by atoms with Gasteiger partial charge in [-0.25, -0.2) is 21.6 Å². The van der Waals surface area contributed by atoms with Gasteiger partial charge in [0.15, 0.2) is 17.5 Å². The number of rotatable bonds is 3. The summed E-state index contributed by atoms with van der Waals surface area (Å²) >= 11 is 0. The Morgan fingerprint density at radius 2 is 1.81 bits per heavy atom. The maximum Gasteiger partial charge on any atom is 0.254 e. The van der Waals surface area contributed by atoms with Crippen molar-refractivity contribution in [3.63, 3.8) is 0 Å². The Labute approximate surface area is 148 Å². The Balaban J connectivity index is 1.92. The Hall–Kier alpha value is -2.55. The van der Waals surface area contributed by atoms with Crippen LogP contribution in [0.4, 0.5) is 18.9 Å². The van der Waals surface area contributed by atoms with E-state index in [1.165, 1.54) is 4.31 Å². The van der Waals surface area contributed by atoms with E-state index in [-0.39, 0.29) is 13.0 Å². The molecule has 1 amide bonds. The van der Waals surface area contributed by atoms with Crippen LogP contribution in [0.5, 0.6) is 0 Å². The highest BCUT2D eigenvalue weighted by atomic mass is 32.2. The highest BCUT2D eigenvalue weighted by molar-refractivity contribution is 7.92. The molecule has 5 nitrogen and oxygen atoms in total. The lowest BCUT2D eigenvalue weighted by Gasteiger charge is -2.34. The van der Waals surface area contributed by atoms with Crippen LogP contribution in [0.25, 0.3) is 0 Å². The van der Waals surface area contributed by atoms with E-state index in [0.717, 1.165) is 12.3 Å². The summed E-state index contributed by atoms with van der Waals surface area (Å²) in [7, 11) is -3.49. The average Bonchev–Trinajstić information content (AvgIpc) is 2.59. The molecule has 1 heterocycles. The van der Waals surface area contributed by atoms with Crippen molar-refractivity contribution in [2.45, 2.75) is 12.5 Å². The number of hydrogen-bond donors (Lipinski definition) is 1. The second-order valence-corrected chi connectivity index (χ2v) is 7.84. The summed E-state index contributed by atoms with van der Waals surface area (Å²) < 4.78 is 65.3. The van der Waals surface area contributed by atoms with Gasteiger partial charge in [0.25, 0.3) is 5.91 Å². The molecule has 0 saturated heterocycles. The fourth-order valence-corrected chi connectivity index (χ4v) is 3.92. The molecule has 1 atom stereocenters. The van der Waals surface area contributed by atoms with E-state index in [2.05, 4.69) is 5.32 Å². The molecule has 3 rings (SSSR count). The molecule has 0 radical (unpaired) electrons. The number of sulfonamides is 1. The smallest absolute Gasteiger partial charge is 0.254 e. The number of carbonyl (C=O) groups excluding carboxylic acids is 1. The van der Waals surface area contributed by atoms with Crippen LogP contribution < -0.4 is 9.62 Å². The number of nitrogens with one attached hydrogen (secondary N) is 1. The molecule has 0 fully saturated rings. The molecule has 1 aliphatic heterocycles. The van der Waals surface area contributed by atoms with Crippen molar-refractivity contribution in [2.75, 3.05) is 17.1 Å². The minimum absolute atomic E-state index is 0.126. The molecule has 9 heteroatoms. The van der Waals surface area contributed by atoms with Crippen molar-refractivity contribution < 1.29 is 26.4 Å². The molecular weight excluding hydrogens is 369 g/mol. The van der Waals surface area contributed by atoms with Crippen LogP contribution in [-0.2, 0) is 10.0 Å². The number of anilines is 1. The lowest BCUT2D eigenvalue weighted by atomic mass is 9.97. The normalized spacial score (nSPS) is 16.9. The first-order valence-electron chi connectivity index (χ1n) is 7.71. The van der Waals surface area contributed by atoms with Crippen molar-refractivity contribution in [3.05, 3.63) is 65.0 Å². The first kappa shape index (κ1) is 18.2. The van der Waals surface area contributed by atoms with Gasteiger partial charge in [0, 0.05) is 6.54 Å². The quantitative estimate of drug-likeness (QED) is 0.828. The molecule has 0 aromatic heterocycles. The van der Waals surface area contributed by atoms with Gasteiger partial charge >= 0.3 is 0 Å². The first-order chi connectivity index (χ1) is 12.2. The lowest BCUT2D eigenvalue weighted by molar-refractivity contribution is 0.0929. The number of fused-ring (bicyclic) bond motifs is 1. The molecule has 26 heavy (non-hydrogen) atoms. The summed E-state index contributed by atoms with van der Waals surface area (Å²) in [6.45, 7) is 0.126. The monoisotopic (exact) mass is 384 g/mol. The van der Waals surface area contributed by atoms with Crippen LogP contribution >= 0.6 is 0 Å². The standard InChI is InChI=1S/C17H15F3N2O3S/c1-26(24,25)22-9-8-13(10-4-2-3-5-14(10)22)21-17(23)11-6-7-12(18)16(20)15(11)19/h2-7,13H,8-9H2,1H3,(H,21,23). The van der Waals surface area contributed by atoms with Gasteiger partial charge in [-0.15, -0.1) is 0 Å². The summed E-state index contributed by atoms with van der Waals surface area (Å²) in [5.41, 5.74) is 0.338. The van der Waals surface area contributed by atoms with Crippen LogP contribution in [-0.4, -0.2) is 27.1 Å². The molecular formula is C17H15F3N2O3S. The van der Waals surface area contributed by atoms with Gasteiger partial charge in [-0.2, -0.15) is 0 Å². The van der Waals surface area contributed by atoms with Gasteiger partial charge in [-0.05, 0) is 30.2 Å². The van der Waals surface area contributed by atoms with Gasteiger partial charge in [-0.3, -0.25) is 9.10 Å². The zero-order chi connectivity index (χ0) is 19.1. The summed E-state index contributed by atoms with van der Waals surface area (Å²) in [5, 5.41) is 2.56. The first-order valence-corrected chi connectivity index (χ1v) is 9.56. The molecule has 0 aliphatic carbocycles. The van der Waals surface area contributed by atoms with E-state index in [1.807, 2.05) is 0 Å². The number of halogens is 3. The van der Waals surface area contributed by atoms with E-state index in [0.29, 0.717) is 17.3 Å². The van der Waals surface area contributed by atoms with Crippen molar-refractivity contribution in [1.29, 1.82) is 0 Å². The van der Waals surface area contributed by atoms with Crippen molar-refractivity contribution in [3.8, 4) is 0 Å². The number of carbonyl (C=O) groups is 1. The third kappa shape index (κ3) is 3.26. The van der Waals surface area contributed by atoms with E-state index < -0.39 is 45.0 Å². The minimum atomic E-state index is -3.49. The van der Waals surface area contributed by atoms with Crippen LogP contribution in [0.3, 0.4) is 0 Å². The van der Waals surface area contributed by atoms with Crippen LogP contribution in [0.2, 0.25) is 0 Å². The molecule has 0 saturated carbocycles. The van der Waals surface area contributed by atoms with Gasteiger partial charge in [-0.1, -0.05) is 18.2 Å². The van der Waals surface area contributed by atoms with Gasteiger partial charge in [0.1, 0.15) is 0 Å². The molecule has 138 valence electrons. The second-order valence-electron chi connectivity index (χ2n) is 5.93. The van der Waals surface area contributed by atoms with Crippen molar-refractivity contribution in [2.24, 2.45) is 0 Å². The molecule has 0 bridgehead atoms. The molecule has 1 N–H and O–H groups in total. The summed E-state index contributed by atoms with van der Waals surface area (Å²) in [6, 6.07) is 7.54. The van der Waals surface area contributed by atoms with Crippen molar-refractivity contribution in [1.82, 2.24) is 5.32 Å². The largest absolute Gasteiger partial charge is 0.345 e. The number of amides is 1. The molecule has 0 spiro atoms. The Morgan fingerprint density at radius 1 is 1.12 bits per heavy atom. The summed E-state index contributed by atoms with van der Waals surface area (Å²) in [4.78, 5) is 12.3. The highest BCUT2D eigenvalue weighted by Gasteiger charge is 2.31. The number of benzene rings is 2. The molecule has 1 unspecified atom stereocenters. The fourth-order valence-electron chi connectivity index (χ4n) is 2.96. The Kier molecular flexibility index (Phi) is 4.66. The van der Waals surface area contributed by atoms with Crippen LogP contribution in [0.15, 0.2) is 36.4 Å². The zero-order valence-corrected chi connectivity index (χ0v) is 14.5. The predicted octanol–water partition coefficient (Wildman–Crippen LogP) is 2.74. The third-order valence-corrected chi connectivity index (χ3v) is 5.37. The highest BCUT2D eigenvalue weighted by Crippen LogP contribution is 2.35. The summed E-state index contributed by atoms with van der Waals surface area (Å²) in [5.74, 6) is -5.57. The van der Waals surface area contributed by atoms with Gasteiger partial charge in [0.2, 0.25) is 10.0 Å². The van der Waals surface area contributed by atoms with E-state index in [9.17, 15) is 26.4 Å². The predicted molar refractivity (Wildman–Crippen MR) is 89.8 cm³/mol. The zero-order valence-electron chi connectivity index (χ0n) is 13.7. The number of nitrogens with zero attached hydrogens (tertiary/aromatic N) is 1. The topological polar surface area (TPSA) is 66.5 Å². The maximum absolute atomic E-state index is 13.8. The van der Waals surface area contributed by atoms with E-state index >= 15 is 0 Å². The number of hydrogen-bond acceptors (Lipinski definition) is 3. The molecule has 1 aliphatic rings. The fraction of sp³-hybridized carbons (Fsp3) is 0.235. The lowest BCUT2D eigenvalue weighted by Crippen LogP contribution is -2.40. The third-order valence-electron chi connectivity index (χ3n) is 4.19. The Bertz CT molecular complexity index is 979. The second kappa shape index (κ2) is 6.64. The van der Waals surface area contributed by atoms with E-state index in [1.54, 1.807) is 24.3 Å². The molecule has 2 aromatic rings. The maximum atomic E-state index is 13.8. The van der Waals surface area contributed by atoms with Crippen LogP contribution in [0, 0.1) is 17.5 Å². The average molecular weight is 384 g/mol. The minimum Gasteiger partial charge on any atom is -0.345 e. The van der Waals surface area contributed by atoms with E-state index in [4.69, 9.17) is 0 Å².